The first kappa shape index (κ1) is 16.3. The fourth-order valence-electron chi connectivity index (χ4n) is 2.53. The Balaban J connectivity index is 1.75. The van der Waals surface area contributed by atoms with E-state index >= 15 is 0 Å². The number of hydrogen-bond acceptors (Lipinski definition) is 5. The summed E-state index contributed by atoms with van der Waals surface area (Å²) in [7, 11) is 0. The van der Waals surface area contributed by atoms with Crippen molar-refractivity contribution >= 4 is 0 Å². The second kappa shape index (κ2) is 7.34. The minimum atomic E-state index is -0.554. The molecule has 2 heterocycles. The van der Waals surface area contributed by atoms with Crippen molar-refractivity contribution in [1.29, 1.82) is 5.26 Å². The standard InChI is InChI=1S/C17H16F2N4O/c18-13-7-11(8-20)1-2-12(13)10-24-15-3-4-23-17(16(15)19)14-9-21-5-6-22-14/h1-4,7,14,21-22H,5-6,9-10H2. The van der Waals surface area contributed by atoms with Gasteiger partial charge in [0.05, 0.1) is 23.4 Å². The molecule has 1 aliphatic rings. The van der Waals surface area contributed by atoms with Gasteiger partial charge in [-0.05, 0) is 12.1 Å². The lowest BCUT2D eigenvalue weighted by Gasteiger charge is -2.24. The van der Waals surface area contributed by atoms with Gasteiger partial charge in [0.2, 0.25) is 0 Å². The predicted octanol–water partition coefficient (Wildman–Crippen LogP) is 2.04. The van der Waals surface area contributed by atoms with Gasteiger partial charge in [0.25, 0.3) is 0 Å². The fraction of sp³-hybridized carbons (Fsp3) is 0.294. The highest BCUT2D eigenvalue weighted by Crippen LogP contribution is 2.24. The molecule has 1 aromatic heterocycles. The van der Waals surface area contributed by atoms with Crippen LogP contribution in [0.5, 0.6) is 5.75 Å². The second-order valence-electron chi connectivity index (χ2n) is 5.43. The van der Waals surface area contributed by atoms with E-state index in [2.05, 4.69) is 15.6 Å². The van der Waals surface area contributed by atoms with Crippen molar-refractivity contribution in [1.82, 2.24) is 15.6 Å². The topological polar surface area (TPSA) is 70.0 Å². The third-order valence-electron chi connectivity index (χ3n) is 3.82. The number of nitrogens with zero attached hydrogens (tertiary/aromatic N) is 2. The van der Waals surface area contributed by atoms with Crippen LogP contribution in [-0.4, -0.2) is 24.6 Å². The molecule has 1 unspecified atom stereocenters. The summed E-state index contributed by atoms with van der Waals surface area (Å²) in [4.78, 5) is 4.09. The molecule has 0 bridgehead atoms. The van der Waals surface area contributed by atoms with Gasteiger partial charge in [0, 0.05) is 37.5 Å². The van der Waals surface area contributed by atoms with E-state index in [0.717, 1.165) is 19.2 Å². The van der Waals surface area contributed by atoms with Crippen molar-refractivity contribution in [3.05, 3.63) is 58.9 Å². The van der Waals surface area contributed by atoms with E-state index < -0.39 is 11.6 Å². The fourth-order valence-corrected chi connectivity index (χ4v) is 2.53. The zero-order valence-electron chi connectivity index (χ0n) is 12.9. The highest BCUT2D eigenvalue weighted by Gasteiger charge is 2.22. The Bertz CT molecular complexity index is 770. The molecule has 124 valence electrons. The zero-order valence-corrected chi connectivity index (χ0v) is 12.9. The number of pyridine rings is 1. The van der Waals surface area contributed by atoms with Crippen LogP contribution in [0, 0.1) is 23.0 Å². The van der Waals surface area contributed by atoms with Gasteiger partial charge in [0.1, 0.15) is 12.4 Å². The highest BCUT2D eigenvalue weighted by atomic mass is 19.1. The number of ether oxygens (including phenoxy) is 1. The average molecular weight is 330 g/mol. The van der Waals surface area contributed by atoms with Gasteiger partial charge < -0.3 is 15.4 Å². The summed E-state index contributed by atoms with van der Waals surface area (Å²) in [6, 6.07) is 7.13. The van der Waals surface area contributed by atoms with Crippen molar-refractivity contribution in [2.45, 2.75) is 12.6 Å². The molecule has 1 fully saturated rings. The Morgan fingerprint density at radius 1 is 1.29 bits per heavy atom. The molecule has 24 heavy (non-hydrogen) atoms. The van der Waals surface area contributed by atoms with E-state index in [9.17, 15) is 8.78 Å². The molecule has 1 saturated heterocycles. The third-order valence-corrected chi connectivity index (χ3v) is 3.82. The SMILES string of the molecule is N#Cc1ccc(COc2ccnc(C3CNCCN3)c2F)c(F)c1. The first-order valence-corrected chi connectivity index (χ1v) is 7.59. The van der Waals surface area contributed by atoms with Crippen LogP contribution in [0.2, 0.25) is 0 Å². The summed E-state index contributed by atoms with van der Waals surface area (Å²) in [6.07, 6.45) is 1.47. The molecule has 0 aliphatic carbocycles. The molecule has 0 amide bonds. The number of nitriles is 1. The van der Waals surface area contributed by atoms with Gasteiger partial charge in [-0.3, -0.25) is 4.98 Å². The quantitative estimate of drug-likeness (QED) is 0.898. The number of benzene rings is 1. The smallest absolute Gasteiger partial charge is 0.188 e. The first-order chi connectivity index (χ1) is 11.7. The third kappa shape index (κ3) is 3.50. The molecule has 0 radical (unpaired) electrons. The summed E-state index contributed by atoms with van der Waals surface area (Å²) in [5.41, 5.74) is 0.758. The van der Waals surface area contributed by atoms with E-state index in [1.807, 2.05) is 6.07 Å². The van der Waals surface area contributed by atoms with Gasteiger partial charge in [-0.25, -0.2) is 8.78 Å². The number of piperazine rings is 1. The van der Waals surface area contributed by atoms with Crippen molar-refractivity contribution in [3.63, 3.8) is 0 Å². The number of rotatable bonds is 4. The molecule has 0 spiro atoms. The minimum Gasteiger partial charge on any atom is -0.486 e. The molecule has 2 aromatic rings. The van der Waals surface area contributed by atoms with Crippen molar-refractivity contribution in [2.24, 2.45) is 0 Å². The van der Waals surface area contributed by atoms with E-state index in [-0.39, 0.29) is 35.2 Å². The van der Waals surface area contributed by atoms with E-state index in [1.54, 1.807) is 0 Å². The zero-order chi connectivity index (χ0) is 16.9. The maximum Gasteiger partial charge on any atom is 0.188 e. The molecule has 1 aromatic carbocycles. The predicted molar refractivity (Wildman–Crippen MR) is 83.3 cm³/mol. The van der Waals surface area contributed by atoms with Gasteiger partial charge in [-0.1, -0.05) is 6.07 Å². The van der Waals surface area contributed by atoms with Crippen LogP contribution in [0.1, 0.15) is 22.9 Å². The number of nitrogens with one attached hydrogen (secondary N) is 2. The van der Waals surface area contributed by atoms with Crippen molar-refractivity contribution in [3.8, 4) is 11.8 Å². The highest BCUT2D eigenvalue weighted by molar-refractivity contribution is 5.33. The Morgan fingerprint density at radius 2 is 2.17 bits per heavy atom. The molecule has 1 atom stereocenters. The summed E-state index contributed by atoms with van der Waals surface area (Å²) >= 11 is 0. The minimum absolute atomic E-state index is 0.0242. The van der Waals surface area contributed by atoms with Crippen LogP contribution in [0.4, 0.5) is 8.78 Å². The Labute approximate surface area is 138 Å². The number of hydrogen-bond donors (Lipinski definition) is 2. The molecule has 3 rings (SSSR count). The van der Waals surface area contributed by atoms with Gasteiger partial charge >= 0.3 is 0 Å². The lowest BCUT2D eigenvalue weighted by Crippen LogP contribution is -2.43. The molecule has 1 aliphatic heterocycles. The first-order valence-electron chi connectivity index (χ1n) is 7.59. The largest absolute Gasteiger partial charge is 0.486 e. The molecule has 7 heteroatoms. The molecular formula is C17H16F2N4O. The summed E-state index contributed by atoms with van der Waals surface area (Å²) in [5.74, 6) is -1.08. The monoisotopic (exact) mass is 330 g/mol. The van der Waals surface area contributed by atoms with Crippen molar-refractivity contribution in [2.75, 3.05) is 19.6 Å². The summed E-state index contributed by atoms with van der Waals surface area (Å²) < 4.78 is 33.9. The summed E-state index contributed by atoms with van der Waals surface area (Å²) in [5, 5.41) is 15.1. The Hall–Kier alpha value is -2.56. The van der Waals surface area contributed by atoms with Crippen LogP contribution in [0.3, 0.4) is 0 Å². The van der Waals surface area contributed by atoms with E-state index in [4.69, 9.17) is 10.00 Å². The van der Waals surface area contributed by atoms with Crippen LogP contribution < -0.4 is 15.4 Å². The number of aromatic nitrogens is 1. The Morgan fingerprint density at radius 3 is 2.88 bits per heavy atom. The lowest BCUT2D eigenvalue weighted by molar-refractivity contribution is 0.280. The van der Waals surface area contributed by atoms with Gasteiger partial charge in [-0.2, -0.15) is 5.26 Å². The number of halogens is 2. The van der Waals surface area contributed by atoms with Crippen LogP contribution in [0.25, 0.3) is 0 Å². The molecular weight excluding hydrogens is 314 g/mol. The maximum atomic E-state index is 14.6. The van der Waals surface area contributed by atoms with E-state index in [0.29, 0.717) is 6.54 Å². The molecule has 2 N–H and O–H groups in total. The molecule has 0 saturated carbocycles. The van der Waals surface area contributed by atoms with Crippen LogP contribution in [0.15, 0.2) is 30.5 Å². The maximum absolute atomic E-state index is 14.6. The van der Waals surface area contributed by atoms with Gasteiger partial charge in [-0.15, -0.1) is 0 Å². The lowest BCUT2D eigenvalue weighted by atomic mass is 10.1. The van der Waals surface area contributed by atoms with Crippen LogP contribution >= 0.6 is 0 Å². The normalized spacial score (nSPS) is 17.3. The summed E-state index contributed by atoms with van der Waals surface area (Å²) in [6.45, 7) is 2.01. The molecule has 5 nitrogen and oxygen atoms in total. The van der Waals surface area contributed by atoms with Gasteiger partial charge in [0.15, 0.2) is 11.6 Å². The van der Waals surface area contributed by atoms with E-state index in [1.165, 1.54) is 24.4 Å². The Kier molecular flexibility index (Phi) is 4.99. The van der Waals surface area contributed by atoms with Crippen LogP contribution in [-0.2, 0) is 6.61 Å². The average Bonchev–Trinajstić information content (AvgIpc) is 2.62. The van der Waals surface area contributed by atoms with Crippen molar-refractivity contribution < 1.29 is 13.5 Å². The second-order valence-corrected chi connectivity index (χ2v) is 5.43.